The summed E-state index contributed by atoms with van der Waals surface area (Å²) in [6, 6.07) is 15.0. The van der Waals surface area contributed by atoms with E-state index in [-0.39, 0.29) is 41.6 Å². The lowest BCUT2D eigenvalue weighted by atomic mass is 10.0. The highest BCUT2D eigenvalue weighted by molar-refractivity contribution is 7.98. The lowest BCUT2D eigenvalue weighted by molar-refractivity contribution is -0.130. The molecule has 0 fully saturated rings. The van der Waals surface area contributed by atoms with Crippen molar-refractivity contribution < 1.29 is 19.2 Å². The molecular formula is C36H51N7O4S2. The van der Waals surface area contributed by atoms with Gasteiger partial charge in [-0.2, -0.15) is 11.3 Å². The standard InChI is InChI=1S/C36H51N7O4S2/c1-9-37-36(47)32(23(2)3)41-33(44)25(5)38-21-30(17-26-15-16-48-22-26)40-35(46)29-18-28(19-31(20-29)43(8)49-42(6)7)34(45)39-24(4)27-13-11-10-12-14-27/h10-16,18-20,22-25,30,32,38H,9,17,21H2,1-8H3,(H,37,47)(H,39,45)(H,40,46)(H,41,44)/t24-,25+,30+,32+/m1/s1. The maximum atomic E-state index is 13.9. The molecule has 5 N–H and O–H groups in total. The summed E-state index contributed by atoms with van der Waals surface area (Å²) >= 11 is 3.00. The van der Waals surface area contributed by atoms with Gasteiger partial charge in [-0.3, -0.25) is 19.2 Å². The topological polar surface area (TPSA) is 135 Å². The molecular weight excluding hydrogens is 659 g/mol. The molecule has 3 rings (SSSR count). The molecule has 13 heteroatoms. The maximum absolute atomic E-state index is 13.9. The Morgan fingerprint density at radius 1 is 0.837 bits per heavy atom. The number of hydrogen-bond acceptors (Lipinski definition) is 9. The predicted octanol–water partition coefficient (Wildman–Crippen LogP) is 4.40. The number of hydrogen-bond donors (Lipinski definition) is 5. The van der Waals surface area contributed by atoms with Crippen LogP contribution in [0.2, 0.25) is 0 Å². The van der Waals surface area contributed by atoms with Crippen LogP contribution in [-0.4, -0.2) is 80.3 Å². The summed E-state index contributed by atoms with van der Waals surface area (Å²) in [7, 11) is 5.71. The van der Waals surface area contributed by atoms with Crippen LogP contribution in [0.5, 0.6) is 0 Å². The second-order valence-electron chi connectivity index (χ2n) is 12.5. The first-order valence-corrected chi connectivity index (χ1v) is 18.2. The zero-order valence-corrected chi connectivity index (χ0v) is 31.3. The minimum Gasteiger partial charge on any atom is -0.355 e. The first kappa shape index (κ1) is 39.5. The molecule has 0 aliphatic rings. The zero-order valence-electron chi connectivity index (χ0n) is 29.7. The molecule has 0 spiro atoms. The van der Waals surface area contributed by atoms with E-state index < -0.39 is 12.1 Å². The molecule has 2 aromatic carbocycles. The van der Waals surface area contributed by atoms with E-state index in [9.17, 15) is 19.2 Å². The van der Waals surface area contributed by atoms with Crippen molar-refractivity contribution in [2.75, 3.05) is 38.5 Å². The molecule has 0 aliphatic heterocycles. The molecule has 0 unspecified atom stereocenters. The van der Waals surface area contributed by atoms with Crippen molar-refractivity contribution in [2.24, 2.45) is 5.92 Å². The second-order valence-corrected chi connectivity index (χ2v) is 14.7. The molecule has 0 radical (unpaired) electrons. The van der Waals surface area contributed by atoms with E-state index in [4.69, 9.17) is 0 Å². The van der Waals surface area contributed by atoms with Crippen molar-refractivity contribution >= 4 is 52.8 Å². The monoisotopic (exact) mass is 709 g/mol. The number of carbonyl (C=O) groups is 4. The number of nitrogens with one attached hydrogen (secondary N) is 5. The van der Waals surface area contributed by atoms with Crippen LogP contribution in [0.4, 0.5) is 5.69 Å². The van der Waals surface area contributed by atoms with Gasteiger partial charge in [-0.05, 0) is 93.4 Å². The van der Waals surface area contributed by atoms with Crippen molar-refractivity contribution in [3.05, 3.63) is 87.6 Å². The Hall–Kier alpha value is -3.91. The molecule has 0 saturated heterocycles. The Kier molecular flexibility index (Phi) is 15.6. The molecule has 266 valence electrons. The predicted molar refractivity (Wildman–Crippen MR) is 201 cm³/mol. The fraction of sp³-hybridized carbons (Fsp3) is 0.444. The van der Waals surface area contributed by atoms with Crippen LogP contribution in [0.25, 0.3) is 0 Å². The summed E-state index contributed by atoms with van der Waals surface area (Å²) in [5, 5.41) is 19.1. The van der Waals surface area contributed by atoms with Crippen LogP contribution < -0.4 is 30.9 Å². The molecule has 0 saturated carbocycles. The van der Waals surface area contributed by atoms with E-state index in [1.807, 2.05) is 105 Å². The zero-order chi connectivity index (χ0) is 36.1. The molecule has 4 atom stereocenters. The van der Waals surface area contributed by atoms with Crippen LogP contribution >= 0.6 is 23.5 Å². The molecule has 11 nitrogen and oxygen atoms in total. The summed E-state index contributed by atoms with van der Waals surface area (Å²) in [5.41, 5.74) is 3.41. The number of benzene rings is 2. The highest BCUT2D eigenvalue weighted by atomic mass is 32.2. The van der Waals surface area contributed by atoms with Crippen molar-refractivity contribution in [3.63, 3.8) is 0 Å². The van der Waals surface area contributed by atoms with Gasteiger partial charge in [0.25, 0.3) is 11.8 Å². The third-order valence-corrected chi connectivity index (χ3v) is 9.31. The van der Waals surface area contributed by atoms with Gasteiger partial charge in [0, 0.05) is 55.1 Å². The van der Waals surface area contributed by atoms with Gasteiger partial charge in [-0.25, -0.2) is 4.31 Å². The SMILES string of the molecule is CCNC(=O)[C@@H](NC(=O)[C@H](C)NC[C@H](Cc1ccsc1)NC(=O)c1cc(C(=O)N[C@H](C)c2ccccc2)cc(N(C)SN(C)C)c1)C(C)C. The molecule has 1 heterocycles. The van der Waals surface area contributed by atoms with E-state index in [1.54, 1.807) is 36.5 Å². The van der Waals surface area contributed by atoms with Crippen molar-refractivity contribution in [2.45, 2.75) is 65.2 Å². The van der Waals surface area contributed by atoms with Gasteiger partial charge in [0.05, 0.1) is 12.1 Å². The summed E-state index contributed by atoms with van der Waals surface area (Å²) in [4.78, 5) is 53.0. The molecule has 3 aromatic rings. The average molecular weight is 710 g/mol. The Morgan fingerprint density at radius 2 is 1.49 bits per heavy atom. The number of thiophene rings is 1. The van der Waals surface area contributed by atoms with Gasteiger partial charge in [-0.1, -0.05) is 44.2 Å². The third-order valence-electron chi connectivity index (χ3n) is 7.80. The quantitative estimate of drug-likeness (QED) is 0.123. The number of nitrogens with zero attached hydrogens (tertiary/aromatic N) is 2. The van der Waals surface area contributed by atoms with E-state index >= 15 is 0 Å². The van der Waals surface area contributed by atoms with E-state index in [2.05, 4.69) is 26.6 Å². The summed E-state index contributed by atoms with van der Waals surface area (Å²) in [6.07, 6.45) is 0.530. The van der Waals surface area contributed by atoms with Gasteiger partial charge in [-0.15, -0.1) is 0 Å². The van der Waals surface area contributed by atoms with Crippen LogP contribution in [-0.2, 0) is 16.0 Å². The van der Waals surface area contributed by atoms with E-state index in [0.717, 1.165) is 11.1 Å². The Balaban J connectivity index is 1.81. The molecule has 1 aromatic heterocycles. The minimum absolute atomic E-state index is 0.0900. The number of amides is 4. The van der Waals surface area contributed by atoms with E-state index in [1.165, 1.54) is 12.1 Å². The highest BCUT2D eigenvalue weighted by Gasteiger charge is 2.27. The minimum atomic E-state index is -0.656. The lowest BCUT2D eigenvalue weighted by Gasteiger charge is -2.26. The van der Waals surface area contributed by atoms with Crippen LogP contribution in [0, 0.1) is 5.92 Å². The smallest absolute Gasteiger partial charge is 0.251 e. The Morgan fingerprint density at radius 3 is 2.06 bits per heavy atom. The van der Waals surface area contributed by atoms with Crippen molar-refractivity contribution in [1.29, 1.82) is 0 Å². The average Bonchev–Trinajstić information content (AvgIpc) is 3.58. The first-order valence-electron chi connectivity index (χ1n) is 16.5. The normalized spacial score (nSPS) is 13.7. The summed E-state index contributed by atoms with van der Waals surface area (Å²) in [5.74, 6) is -1.25. The Bertz CT molecular complexity index is 1520. The van der Waals surface area contributed by atoms with Crippen LogP contribution in [0.3, 0.4) is 0 Å². The fourth-order valence-electron chi connectivity index (χ4n) is 5.10. The number of carbonyl (C=O) groups excluding carboxylic acids is 4. The van der Waals surface area contributed by atoms with Gasteiger partial charge in [0.2, 0.25) is 11.8 Å². The number of anilines is 1. The number of rotatable bonds is 18. The number of likely N-dealkylation sites (N-methyl/N-ethyl adjacent to an activating group) is 1. The molecule has 0 aliphatic carbocycles. The molecule has 0 bridgehead atoms. The van der Waals surface area contributed by atoms with Crippen LogP contribution in [0.15, 0.2) is 65.4 Å². The molecule has 49 heavy (non-hydrogen) atoms. The Labute approximate surface area is 299 Å². The van der Waals surface area contributed by atoms with Gasteiger partial charge in [0.15, 0.2) is 0 Å². The highest BCUT2D eigenvalue weighted by Crippen LogP contribution is 2.25. The fourth-order valence-corrected chi connectivity index (χ4v) is 6.47. The van der Waals surface area contributed by atoms with Gasteiger partial charge < -0.3 is 30.9 Å². The summed E-state index contributed by atoms with van der Waals surface area (Å²) in [6.45, 7) is 10.0. The molecule has 4 amide bonds. The second kappa shape index (κ2) is 19.3. The lowest BCUT2D eigenvalue weighted by Crippen LogP contribution is -2.55. The largest absolute Gasteiger partial charge is 0.355 e. The van der Waals surface area contributed by atoms with E-state index in [0.29, 0.717) is 36.3 Å². The van der Waals surface area contributed by atoms with Gasteiger partial charge >= 0.3 is 0 Å². The third kappa shape index (κ3) is 12.5. The maximum Gasteiger partial charge on any atom is 0.251 e. The van der Waals surface area contributed by atoms with Gasteiger partial charge in [0.1, 0.15) is 6.04 Å². The summed E-state index contributed by atoms with van der Waals surface area (Å²) < 4.78 is 3.81. The van der Waals surface area contributed by atoms with Crippen molar-refractivity contribution in [1.82, 2.24) is 30.9 Å². The van der Waals surface area contributed by atoms with Crippen molar-refractivity contribution in [3.8, 4) is 0 Å². The first-order chi connectivity index (χ1) is 23.3. The van der Waals surface area contributed by atoms with Crippen LogP contribution in [0.1, 0.15) is 72.5 Å².